The van der Waals surface area contributed by atoms with Crippen LogP contribution < -0.4 is 0 Å². The maximum absolute atomic E-state index is 13.0. The maximum atomic E-state index is 13.0. The fraction of sp³-hybridized carbons (Fsp3) is 0.550. The topological polar surface area (TPSA) is 80.1 Å². The molecule has 3 heterocycles. The van der Waals surface area contributed by atoms with E-state index >= 15 is 0 Å². The number of furan rings is 1. The lowest BCUT2D eigenvalue weighted by molar-refractivity contribution is 0.0730. The number of aryl methyl sites for hydroxylation is 1. The van der Waals surface area contributed by atoms with Crippen molar-refractivity contribution in [3.8, 4) is 0 Å². The highest BCUT2D eigenvalue weighted by Gasteiger charge is 2.28. The van der Waals surface area contributed by atoms with E-state index in [1.807, 2.05) is 11.8 Å². The third-order valence-electron chi connectivity index (χ3n) is 5.60. The molecule has 1 aromatic heterocycles. The smallest absolute Gasteiger partial charge is 0.289 e. The van der Waals surface area contributed by atoms with E-state index in [4.69, 9.17) is 9.15 Å². The zero-order valence-corrected chi connectivity index (χ0v) is 17.0. The zero-order chi connectivity index (χ0) is 19.7. The molecule has 0 radical (unpaired) electrons. The van der Waals surface area contributed by atoms with Crippen molar-refractivity contribution in [3.63, 3.8) is 0 Å². The Labute approximate surface area is 165 Å². The van der Waals surface area contributed by atoms with Crippen molar-refractivity contribution >= 4 is 26.9 Å². The number of ether oxygens (including phenoxy) is 1. The largest absolute Gasteiger partial charge is 0.451 e. The molecule has 2 aliphatic heterocycles. The summed E-state index contributed by atoms with van der Waals surface area (Å²) in [4.78, 5) is 15.0. The number of benzene rings is 1. The molecule has 0 aliphatic carbocycles. The second-order valence-corrected chi connectivity index (χ2v) is 9.37. The highest BCUT2D eigenvalue weighted by atomic mass is 32.2. The van der Waals surface area contributed by atoms with E-state index < -0.39 is 10.0 Å². The second kappa shape index (κ2) is 7.85. The molecule has 0 bridgehead atoms. The molecule has 1 aromatic carbocycles. The molecular weight excluding hydrogens is 380 g/mol. The Morgan fingerprint density at radius 3 is 2.36 bits per heavy atom. The first-order valence-electron chi connectivity index (χ1n) is 9.89. The normalized spacial score (nSPS) is 19.7. The van der Waals surface area contributed by atoms with E-state index in [-0.39, 0.29) is 10.8 Å². The summed E-state index contributed by atoms with van der Waals surface area (Å²) >= 11 is 0. The minimum absolute atomic E-state index is 0.104. The van der Waals surface area contributed by atoms with Gasteiger partial charge in [-0.2, -0.15) is 4.31 Å². The quantitative estimate of drug-likeness (QED) is 0.783. The van der Waals surface area contributed by atoms with Crippen LogP contribution in [0.3, 0.4) is 0 Å². The van der Waals surface area contributed by atoms with Gasteiger partial charge in [-0.1, -0.05) is 12.8 Å². The van der Waals surface area contributed by atoms with Gasteiger partial charge in [0, 0.05) is 37.1 Å². The summed E-state index contributed by atoms with van der Waals surface area (Å²) in [5.74, 6) is 0.214. The lowest BCUT2D eigenvalue weighted by atomic mass is 10.1. The standard InChI is InChI=1S/C20H26N2O5S/c1-15-17-14-16(28(24,25)22-10-12-26-13-11-22)6-7-18(17)27-19(15)20(23)21-8-4-2-3-5-9-21/h6-7,14H,2-5,8-13H2,1H3. The second-order valence-electron chi connectivity index (χ2n) is 7.44. The number of sulfonamides is 1. The summed E-state index contributed by atoms with van der Waals surface area (Å²) < 4.78 is 38.4. The lowest BCUT2D eigenvalue weighted by Gasteiger charge is -2.26. The van der Waals surface area contributed by atoms with Crippen LogP contribution in [0.1, 0.15) is 41.8 Å². The van der Waals surface area contributed by atoms with Crippen molar-refractivity contribution in [2.24, 2.45) is 0 Å². The Morgan fingerprint density at radius 2 is 1.68 bits per heavy atom. The van der Waals surface area contributed by atoms with Gasteiger partial charge < -0.3 is 14.1 Å². The van der Waals surface area contributed by atoms with Gasteiger partial charge in [0.25, 0.3) is 5.91 Å². The van der Waals surface area contributed by atoms with Gasteiger partial charge in [-0.25, -0.2) is 8.42 Å². The van der Waals surface area contributed by atoms with Gasteiger partial charge in [0.2, 0.25) is 10.0 Å². The summed E-state index contributed by atoms with van der Waals surface area (Å²) in [5, 5.41) is 0.674. The van der Waals surface area contributed by atoms with Crippen LogP contribution in [0.4, 0.5) is 0 Å². The first-order valence-corrected chi connectivity index (χ1v) is 11.3. The van der Waals surface area contributed by atoms with Crippen LogP contribution >= 0.6 is 0 Å². The van der Waals surface area contributed by atoms with E-state index in [1.54, 1.807) is 18.2 Å². The molecule has 0 atom stereocenters. The predicted molar refractivity (Wildman–Crippen MR) is 105 cm³/mol. The number of fused-ring (bicyclic) bond motifs is 1. The van der Waals surface area contributed by atoms with E-state index in [0.717, 1.165) is 38.8 Å². The van der Waals surface area contributed by atoms with Crippen molar-refractivity contribution < 1.29 is 22.4 Å². The highest BCUT2D eigenvalue weighted by Crippen LogP contribution is 2.30. The molecule has 8 heteroatoms. The van der Waals surface area contributed by atoms with E-state index in [9.17, 15) is 13.2 Å². The van der Waals surface area contributed by atoms with E-state index in [0.29, 0.717) is 48.6 Å². The number of carbonyl (C=O) groups excluding carboxylic acids is 1. The van der Waals surface area contributed by atoms with Crippen LogP contribution in [-0.4, -0.2) is 62.9 Å². The molecular formula is C20H26N2O5S. The van der Waals surface area contributed by atoms with Gasteiger partial charge in [-0.15, -0.1) is 0 Å². The highest BCUT2D eigenvalue weighted by molar-refractivity contribution is 7.89. The molecule has 4 rings (SSSR count). The molecule has 0 unspecified atom stereocenters. The molecule has 7 nitrogen and oxygen atoms in total. The molecule has 2 aliphatic rings. The van der Waals surface area contributed by atoms with E-state index in [2.05, 4.69) is 0 Å². The Kier molecular flexibility index (Phi) is 5.44. The number of likely N-dealkylation sites (tertiary alicyclic amines) is 1. The minimum atomic E-state index is -3.59. The number of amides is 1. The summed E-state index contributed by atoms with van der Waals surface area (Å²) in [7, 11) is -3.59. The van der Waals surface area contributed by atoms with Crippen LogP contribution in [0, 0.1) is 6.92 Å². The average Bonchev–Trinajstić information content (AvgIpc) is 2.89. The van der Waals surface area contributed by atoms with Crippen LogP contribution in [-0.2, 0) is 14.8 Å². The van der Waals surface area contributed by atoms with Crippen molar-refractivity contribution in [2.75, 3.05) is 39.4 Å². The fourth-order valence-electron chi connectivity index (χ4n) is 3.92. The number of nitrogens with zero attached hydrogens (tertiary/aromatic N) is 2. The Bertz CT molecular complexity index is 968. The summed E-state index contributed by atoms with van der Waals surface area (Å²) in [5.41, 5.74) is 1.24. The van der Waals surface area contributed by atoms with Crippen molar-refractivity contribution in [2.45, 2.75) is 37.5 Å². The summed E-state index contributed by atoms with van der Waals surface area (Å²) in [6, 6.07) is 4.82. The predicted octanol–water partition coefficient (Wildman–Crippen LogP) is 2.78. The fourth-order valence-corrected chi connectivity index (χ4v) is 5.35. The number of carbonyl (C=O) groups is 1. The van der Waals surface area contributed by atoms with Gasteiger partial charge in [-0.05, 0) is 38.0 Å². The summed E-state index contributed by atoms with van der Waals surface area (Å²) in [6.07, 6.45) is 4.30. The lowest BCUT2D eigenvalue weighted by Crippen LogP contribution is -2.40. The molecule has 1 amide bonds. The average molecular weight is 407 g/mol. The first-order chi connectivity index (χ1) is 13.5. The van der Waals surface area contributed by atoms with Gasteiger partial charge in [0.05, 0.1) is 18.1 Å². The van der Waals surface area contributed by atoms with Crippen molar-refractivity contribution in [3.05, 3.63) is 29.5 Å². The number of hydrogen-bond acceptors (Lipinski definition) is 5. The van der Waals surface area contributed by atoms with Crippen LogP contribution in [0.5, 0.6) is 0 Å². The van der Waals surface area contributed by atoms with E-state index in [1.165, 1.54) is 4.31 Å². The third-order valence-corrected chi connectivity index (χ3v) is 7.50. The molecule has 2 aromatic rings. The van der Waals surface area contributed by atoms with Crippen LogP contribution in [0.25, 0.3) is 11.0 Å². The Morgan fingerprint density at radius 1 is 1.00 bits per heavy atom. The number of morpholine rings is 1. The molecule has 0 spiro atoms. The van der Waals surface area contributed by atoms with Gasteiger partial charge in [0.15, 0.2) is 5.76 Å². The number of rotatable bonds is 3. The molecule has 152 valence electrons. The van der Waals surface area contributed by atoms with Gasteiger partial charge in [0.1, 0.15) is 5.58 Å². The third kappa shape index (κ3) is 3.56. The first kappa shape index (κ1) is 19.4. The Balaban J connectivity index is 1.67. The van der Waals surface area contributed by atoms with Gasteiger partial charge >= 0.3 is 0 Å². The molecule has 0 saturated carbocycles. The Hall–Kier alpha value is -1.90. The molecule has 0 N–H and O–H groups in total. The molecule has 2 fully saturated rings. The maximum Gasteiger partial charge on any atom is 0.289 e. The van der Waals surface area contributed by atoms with Crippen molar-refractivity contribution in [1.29, 1.82) is 0 Å². The van der Waals surface area contributed by atoms with Crippen LogP contribution in [0.2, 0.25) is 0 Å². The summed E-state index contributed by atoms with van der Waals surface area (Å²) in [6.45, 7) is 4.81. The molecule has 2 saturated heterocycles. The van der Waals surface area contributed by atoms with Crippen LogP contribution in [0.15, 0.2) is 27.5 Å². The number of hydrogen-bond donors (Lipinski definition) is 0. The monoisotopic (exact) mass is 406 g/mol. The van der Waals surface area contributed by atoms with Gasteiger partial charge in [-0.3, -0.25) is 4.79 Å². The van der Waals surface area contributed by atoms with Crippen molar-refractivity contribution in [1.82, 2.24) is 9.21 Å². The zero-order valence-electron chi connectivity index (χ0n) is 16.1. The molecule has 28 heavy (non-hydrogen) atoms. The minimum Gasteiger partial charge on any atom is -0.451 e. The SMILES string of the molecule is Cc1c(C(=O)N2CCCCCC2)oc2ccc(S(=O)(=O)N3CCOCC3)cc12.